The molecule has 7 nitrogen and oxygen atoms in total. The fourth-order valence-corrected chi connectivity index (χ4v) is 3.51. The van der Waals surface area contributed by atoms with Crippen molar-refractivity contribution in [3.63, 3.8) is 0 Å². The van der Waals surface area contributed by atoms with Gasteiger partial charge in [0, 0.05) is 18.0 Å². The number of aliphatic hydroxyl groups is 1. The van der Waals surface area contributed by atoms with E-state index < -0.39 is 17.8 Å². The summed E-state index contributed by atoms with van der Waals surface area (Å²) in [5.41, 5.74) is 1.33. The number of hydrogen-bond donors (Lipinski definition) is 2. The number of amides is 1. The summed E-state index contributed by atoms with van der Waals surface area (Å²) in [5, 5.41) is 14.5. The molecule has 1 aliphatic rings. The molecule has 2 aromatic rings. The zero-order valence-corrected chi connectivity index (χ0v) is 17.5. The number of alkyl carbamates (subject to hydrolysis) is 1. The van der Waals surface area contributed by atoms with E-state index in [0.717, 1.165) is 28.6 Å². The van der Waals surface area contributed by atoms with E-state index in [0.29, 0.717) is 19.4 Å². The van der Waals surface area contributed by atoms with E-state index in [-0.39, 0.29) is 12.1 Å². The highest BCUT2D eigenvalue weighted by Crippen LogP contribution is 2.26. The normalized spacial score (nSPS) is 20.9. The first-order valence-corrected chi connectivity index (χ1v) is 9.96. The summed E-state index contributed by atoms with van der Waals surface area (Å²) in [6.45, 7) is 5.84. The Morgan fingerprint density at radius 1 is 1.34 bits per heavy atom. The minimum atomic E-state index is -0.644. The smallest absolute Gasteiger partial charge is 0.407 e. The van der Waals surface area contributed by atoms with Crippen molar-refractivity contribution in [2.24, 2.45) is 0 Å². The van der Waals surface area contributed by atoms with Crippen molar-refractivity contribution in [2.45, 2.75) is 63.9 Å². The number of rotatable bonds is 5. The number of hydrogen-bond acceptors (Lipinski definition) is 6. The van der Waals surface area contributed by atoms with Crippen LogP contribution in [0.1, 0.15) is 39.2 Å². The van der Waals surface area contributed by atoms with Crippen LogP contribution in [0.25, 0.3) is 10.9 Å². The Labute approximate surface area is 171 Å². The Morgan fingerprint density at radius 2 is 2.14 bits per heavy atom. The molecule has 1 saturated heterocycles. The number of benzene rings is 1. The van der Waals surface area contributed by atoms with Crippen molar-refractivity contribution in [1.82, 2.24) is 10.3 Å². The maximum Gasteiger partial charge on any atom is 0.407 e. The molecule has 158 valence electrons. The van der Waals surface area contributed by atoms with E-state index in [1.165, 1.54) is 0 Å². The number of fused-ring (bicyclic) bond motifs is 1. The predicted molar refractivity (Wildman–Crippen MR) is 110 cm³/mol. The molecule has 0 bridgehead atoms. The Kier molecular flexibility index (Phi) is 6.59. The molecule has 0 saturated carbocycles. The van der Waals surface area contributed by atoms with E-state index in [4.69, 9.17) is 14.2 Å². The number of methoxy groups -OCH3 is 1. The molecule has 0 aliphatic carbocycles. The largest absolute Gasteiger partial charge is 0.497 e. The molecule has 2 N–H and O–H groups in total. The highest BCUT2D eigenvalue weighted by molar-refractivity contribution is 5.83. The molecule has 29 heavy (non-hydrogen) atoms. The molecule has 0 spiro atoms. The summed E-state index contributed by atoms with van der Waals surface area (Å²) in [4.78, 5) is 16.3. The van der Waals surface area contributed by atoms with Crippen LogP contribution < -0.4 is 10.1 Å². The zero-order valence-electron chi connectivity index (χ0n) is 17.5. The van der Waals surface area contributed by atoms with Gasteiger partial charge in [0.05, 0.1) is 37.5 Å². The van der Waals surface area contributed by atoms with Gasteiger partial charge in [0.2, 0.25) is 0 Å². The minimum absolute atomic E-state index is 0.112. The Balaban J connectivity index is 1.57. The number of aliphatic hydroxyl groups excluding tert-OH is 1. The molecule has 1 amide bonds. The van der Waals surface area contributed by atoms with Crippen LogP contribution in [0.5, 0.6) is 5.75 Å². The summed E-state index contributed by atoms with van der Waals surface area (Å²) >= 11 is 0. The first-order chi connectivity index (χ1) is 13.7. The average Bonchev–Trinajstić information content (AvgIpc) is 2.67. The minimum Gasteiger partial charge on any atom is -0.497 e. The Morgan fingerprint density at radius 3 is 2.79 bits per heavy atom. The SMILES string of the molecule is COc1ccc2nccc(C[C@H](O)[C@@H]3CC[C@@H](NC(=O)OC(C)(C)C)CO3)c2c1. The lowest BCUT2D eigenvalue weighted by Crippen LogP contribution is -2.47. The third kappa shape index (κ3) is 5.81. The first kappa shape index (κ1) is 21.3. The van der Waals surface area contributed by atoms with Crippen molar-refractivity contribution in [3.05, 3.63) is 36.0 Å². The van der Waals surface area contributed by atoms with Gasteiger partial charge in [0.25, 0.3) is 0 Å². The second-order valence-corrected chi connectivity index (χ2v) is 8.42. The van der Waals surface area contributed by atoms with Crippen LogP contribution in [0, 0.1) is 0 Å². The maximum atomic E-state index is 11.9. The third-order valence-electron chi connectivity index (χ3n) is 4.93. The highest BCUT2D eigenvalue weighted by Gasteiger charge is 2.29. The third-order valence-corrected chi connectivity index (χ3v) is 4.93. The molecule has 1 aliphatic heterocycles. The number of pyridine rings is 1. The molecule has 0 unspecified atom stereocenters. The second kappa shape index (κ2) is 8.97. The highest BCUT2D eigenvalue weighted by atomic mass is 16.6. The fourth-order valence-electron chi connectivity index (χ4n) is 3.51. The van der Waals surface area contributed by atoms with Gasteiger partial charge in [-0.3, -0.25) is 4.98 Å². The van der Waals surface area contributed by atoms with E-state index >= 15 is 0 Å². The number of aromatic nitrogens is 1. The molecule has 1 aromatic carbocycles. The summed E-state index contributed by atoms with van der Waals surface area (Å²) in [6.07, 6.45) is 2.23. The molecular weight excluding hydrogens is 372 g/mol. The fraction of sp³-hybridized carbons (Fsp3) is 0.545. The monoisotopic (exact) mass is 402 g/mol. The van der Waals surface area contributed by atoms with E-state index in [1.807, 2.05) is 45.0 Å². The number of nitrogens with zero attached hydrogens (tertiary/aromatic N) is 1. The lowest BCUT2D eigenvalue weighted by Gasteiger charge is -2.32. The summed E-state index contributed by atoms with van der Waals surface area (Å²) in [5.74, 6) is 0.756. The van der Waals surface area contributed by atoms with E-state index in [9.17, 15) is 9.90 Å². The molecule has 7 heteroatoms. The molecular formula is C22H30N2O5. The molecule has 3 atom stereocenters. The zero-order chi connectivity index (χ0) is 21.0. The van der Waals surface area contributed by atoms with Gasteiger partial charge in [-0.05, 0) is 63.4 Å². The van der Waals surface area contributed by atoms with Crippen LogP contribution in [0.4, 0.5) is 4.79 Å². The molecule has 1 aromatic heterocycles. The molecule has 3 rings (SSSR count). The number of nitrogens with one attached hydrogen (secondary N) is 1. The Hall–Kier alpha value is -2.38. The topological polar surface area (TPSA) is 89.9 Å². The number of carbonyl (C=O) groups excluding carboxylic acids is 1. The number of carbonyl (C=O) groups is 1. The average molecular weight is 402 g/mol. The van der Waals surface area contributed by atoms with Gasteiger partial charge in [0.1, 0.15) is 11.4 Å². The van der Waals surface area contributed by atoms with Gasteiger partial charge in [-0.15, -0.1) is 0 Å². The molecule has 0 radical (unpaired) electrons. The van der Waals surface area contributed by atoms with Gasteiger partial charge >= 0.3 is 6.09 Å². The lowest BCUT2D eigenvalue weighted by atomic mass is 9.95. The van der Waals surface area contributed by atoms with Crippen LogP contribution in [-0.2, 0) is 15.9 Å². The van der Waals surface area contributed by atoms with Crippen LogP contribution in [0.3, 0.4) is 0 Å². The predicted octanol–water partition coefficient (Wildman–Crippen LogP) is 3.22. The van der Waals surface area contributed by atoms with E-state index in [2.05, 4.69) is 10.3 Å². The number of ether oxygens (including phenoxy) is 3. The van der Waals surface area contributed by atoms with Crippen molar-refractivity contribution >= 4 is 17.0 Å². The van der Waals surface area contributed by atoms with Gasteiger partial charge in [0.15, 0.2) is 0 Å². The molecule has 2 heterocycles. The van der Waals surface area contributed by atoms with Crippen molar-refractivity contribution < 1.29 is 24.1 Å². The van der Waals surface area contributed by atoms with Crippen molar-refractivity contribution in [3.8, 4) is 5.75 Å². The van der Waals surface area contributed by atoms with Crippen LogP contribution >= 0.6 is 0 Å². The van der Waals surface area contributed by atoms with Crippen LogP contribution in [-0.4, -0.2) is 53.8 Å². The second-order valence-electron chi connectivity index (χ2n) is 8.42. The summed E-state index contributed by atoms with van der Waals surface area (Å²) < 4.78 is 16.4. The summed E-state index contributed by atoms with van der Waals surface area (Å²) in [7, 11) is 1.63. The maximum absolute atomic E-state index is 11.9. The van der Waals surface area contributed by atoms with Gasteiger partial charge in [-0.1, -0.05) is 0 Å². The quantitative estimate of drug-likeness (QED) is 0.798. The standard InChI is InChI=1S/C22H30N2O5/c1-22(2,3)29-21(26)24-15-5-8-20(28-13-15)19(25)11-14-9-10-23-18-7-6-16(27-4)12-17(14)18/h6-7,9-10,12,15,19-20,25H,5,8,11,13H2,1-4H3,(H,24,26)/t15-,19+,20+/m1/s1. The summed E-state index contributed by atoms with van der Waals surface area (Å²) in [6, 6.07) is 7.53. The van der Waals surface area contributed by atoms with Gasteiger partial charge in [-0.25, -0.2) is 4.79 Å². The van der Waals surface area contributed by atoms with Crippen molar-refractivity contribution in [2.75, 3.05) is 13.7 Å². The Bertz CT molecular complexity index is 841. The van der Waals surface area contributed by atoms with Crippen LogP contribution in [0.2, 0.25) is 0 Å². The van der Waals surface area contributed by atoms with Crippen molar-refractivity contribution in [1.29, 1.82) is 0 Å². The van der Waals surface area contributed by atoms with E-state index in [1.54, 1.807) is 13.3 Å². The lowest BCUT2D eigenvalue weighted by molar-refractivity contribution is -0.0718. The first-order valence-electron chi connectivity index (χ1n) is 9.96. The molecule has 1 fully saturated rings. The van der Waals surface area contributed by atoms with Gasteiger partial charge < -0.3 is 24.6 Å². The van der Waals surface area contributed by atoms with Gasteiger partial charge in [-0.2, -0.15) is 0 Å². The van der Waals surface area contributed by atoms with Crippen LogP contribution in [0.15, 0.2) is 30.5 Å².